The molecule has 0 aliphatic heterocycles. The van der Waals surface area contributed by atoms with Gasteiger partial charge in [-0.15, -0.1) is 0 Å². The van der Waals surface area contributed by atoms with Crippen LogP contribution >= 0.6 is 15.9 Å². The predicted octanol–water partition coefficient (Wildman–Crippen LogP) is 3.17. The number of carbonyl (C=O) groups is 1. The normalized spacial score (nSPS) is 13.5. The number of benzene rings is 1. The summed E-state index contributed by atoms with van der Waals surface area (Å²) in [5, 5.41) is 0. The van der Waals surface area contributed by atoms with E-state index in [9.17, 15) is 9.00 Å². The zero-order valence-electron chi connectivity index (χ0n) is 9.62. The molecule has 1 aromatic rings. The van der Waals surface area contributed by atoms with Gasteiger partial charge in [-0.25, -0.2) is 0 Å². The minimum Gasteiger partial charge on any atom is -0.298 e. The van der Waals surface area contributed by atoms with Crippen molar-refractivity contribution in [1.29, 1.82) is 0 Å². The van der Waals surface area contributed by atoms with Gasteiger partial charge in [0.1, 0.15) is 0 Å². The van der Waals surface area contributed by atoms with E-state index in [0.29, 0.717) is 4.90 Å². The SMILES string of the molecule is CC(C)(C)C(=O)CS(=O)c1ccc(Br)cc1. The Morgan fingerprint density at radius 3 is 2.19 bits per heavy atom. The molecule has 0 aliphatic rings. The zero-order valence-corrected chi connectivity index (χ0v) is 12.0. The van der Waals surface area contributed by atoms with Gasteiger partial charge in [0.25, 0.3) is 0 Å². The van der Waals surface area contributed by atoms with Gasteiger partial charge in [-0.3, -0.25) is 9.00 Å². The third kappa shape index (κ3) is 3.83. The molecule has 0 saturated carbocycles. The second-order valence-corrected chi connectivity index (χ2v) is 6.98. The summed E-state index contributed by atoms with van der Waals surface area (Å²) < 4.78 is 12.8. The molecule has 2 nitrogen and oxygen atoms in total. The summed E-state index contributed by atoms with van der Waals surface area (Å²) >= 11 is 3.31. The fourth-order valence-corrected chi connectivity index (χ4v) is 2.55. The summed E-state index contributed by atoms with van der Waals surface area (Å²) in [4.78, 5) is 12.4. The van der Waals surface area contributed by atoms with Crippen LogP contribution in [-0.4, -0.2) is 15.7 Å². The molecule has 0 saturated heterocycles. The van der Waals surface area contributed by atoms with E-state index in [1.807, 2.05) is 32.9 Å². The summed E-state index contributed by atoms with van der Waals surface area (Å²) in [5.41, 5.74) is -0.426. The van der Waals surface area contributed by atoms with Crippen LogP contribution in [0.1, 0.15) is 20.8 Å². The van der Waals surface area contributed by atoms with Crippen LogP contribution in [0, 0.1) is 5.41 Å². The van der Waals surface area contributed by atoms with Crippen molar-refractivity contribution in [3.8, 4) is 0 Å². The Bertz CT molecular complexity index is 404. The van der Waals surface area contributed by atoms with Gasteiger partial charge in [-0.1, -0.05) is 36.7 Å². The van der Waals surface area contributed by atoms with E-state index in [0.717, 1.165) is 4.47 Å². The van der Waals surface area contributed by atoms with Crippen LogP contribution in [0.15, 0.2) is 33.6 Å². The van der Waals surface area contributed by atoms with Crippen LogP contribution in [0.5, 0.6) is 0 Å². The van der Waals surface area contributed by atoms with Gasteiger partial charge in [0.15, 0.2) is 5.78 Å². The third-order valence-corrected chi connectivity index (χ3v) is 4.03. The Morgan fingerprint density at radius 2 is 1.75 bits per heavy atom. The van der Waals surface area contributed by atoms with E-state index < -0.39 is 16.2 Å². The van der Waals surface area contributed by atoms with Gasteiger partial charge < -0.3 is 0 Å². The third-order valence-electron chi connectivity index (χ3n) is 2.18. The summed E-state index contributed by atoms with van der Waals surface area (Å²) in [6, 6.07) is 7.20. The summed E-state index contributed by atoms with van der Waals surface area (Å²) in [6.07, 6.45) is 0. The van der Waals surface area contributed by atoms with Crippen LogP contribution in [0.4, 0.5) is 0 Å². The standard InChI is InChI=1S/C12H15BrO2S/c1-12(2,3)11(14)8-16(15)10-6-4-9(13)5-7-10/h4-7H,8H2,1-3H3. The molecule has 0 bridgehead atoms. The fourth-order valence-electron chi connectivity index (χ4n) is 1.01. The summed E-state index contributed by atoms with van der Waals surface area (Å²) in [6.45, 7) is 5.52. The lowest BCUT2D eigenvalue weighted by atomic mass is 9.92. The molecular weight excluding hydrogens is 288 g/mol. The smallest absolute Gasteiger partial charge is 0.151 e. The maximum absolute atomic E-state index is 11.9. The van der Waals surface area contributed by atoms with Crippen LogP contribution in [-0.2, 0) is 15.6 Å². The number of rotatable bonds is 3. The molecule has 4 heteroatoms. The molecule has 0 radical (unpaired) electrons. The van der Waals surface area contributed by atoms with Crippen LogP contribution in [0.2, 0.25) is 0 Å². The minimum atomic E-state index is -1.24. The van der Waals surface area contributed by atoms with Crippen molar-refractivity contribution in [3.63, 3.8) is 0 Å². The molecule has 88 valence electrons. The summed E-state index contributed by atoms with van der Waals surface area (Å²) in [5.74, 6) is 0.110. The highest BCUT2D eigenvalue weighted by molar-refractivity contribution is 9.10. The van der Waals surface area contributed by atoms with E-state index in [1.54, 1.807) is 12.1 Å². The zero-order chi connectivity index (χ0) is 12.3. The molecule has 0 N–H and O–H groups in total. The molecule has 1 unspecified atom stereocenters. The lowest BCUT2D eigenvalue weighted by Crippen LogP contribution is -2.25. The molecule has 1 aromatic carbocycles. The van der Waals surface area contributed by atoms with Crippen molar-refractivity contribution >= 4 is 32.5 Å². The average molecular weight is 303 g/mol. The maximum atomic E-state index is 11.9. The van der Waals surface area contributed by atoms with Crippen molar-refractivity contribution < 1.29 is 9.00 Å². The Balaban J connectivity index is 2.74. The van der Waals surface area contributed by atoms with Gasteiger partial charge in [0, 0.05) is 14.8 Å². The second-order valence-electron chi connectivity index (χ2n) is 4.62. The van der Waals surface area contributed by atoms with Crippen molar-refractivity contribution in [2.24, 2.45) is 5.41 Å². The van der Waals surface area contributed by atoms with Gasteiger partial charge in [0.2, 0.25) is 0 Å². The first-order chi connectivity index (χ1) is 7.30. The predicted molar refractivity (Wildman–Crippen MR) is 69.9 cm³/mol. The van der Waals surface area contributed by atoms with E-state index in [1.165, 1.54) is 0 Å². The van der Waals surface area contributed by atoms with Crippen LogP contribution < -0.4 is 0 Å². The number of hydrogen-bond acceptors (Lipinski definition) is 2. The Kier molecular flexibility index (Phi) is 4.44. The lowest BCUT2D eigenvalue weighted by molar-refractivity contribution is -0.123. The number of ketones is 1. The van der Waals surface area contributed by atoms with Crippen molar-refractivity contribution in [2.45, 2.75) is 25.7 Å². The Hall–Kier alpha value is -0.480. The number of Topliss-reactive ketones (excluding diaryl/α,β-unsaturated/α-hetero) is 1. The van der Waals surface area contributed by atoms with E-state index >= 15 is 0 Å². The molecule has 0 aromatic heterocycles. The monoisotopic (exact) mass is 302 g/mol. The Morgan fingerprint density at radius 1 is 1.25 bits per heavy atom. The molecule has 0 fully saturated rings. The van der Waals surface area contributed by atoms with Gasteiger partial charge in [-0.2, -0.15) is 0 Å². The molecule has 16 heavy (non-hydrogen) atoms. The molecular formula is C12H15BrO2S. The first-order valence-electron chi connectivity index (χ1n) is 4.98. The largest absolute Gasteiger partial charge is 0.298 e. The molecule has 1 rings (SSSR count). The Labute approximate surface area is 107 Å². The average Bonchev–Trinajstić information content (AvgIpc) is 2.17. The minimum absolute atomic E-state index is 0.0220. The number of carbonyl (C=O) groups excluding carboxylic acids is 1. The molecule has 0 amide bonds. The highest BCUT2D eigenvalue weighted by Gasteiger charge is 2.23. The molecule has 0 spiro atoms. The first kappa shape index (κ1) is 13.6. The van der Waals surface area contributed by atoms with E-state index in [-0.39, 0.29) is 11.5 Å². The van der Waals surface area contributed by atoms with Crippen molar-refractivity contribution in [2.75, 3.05) is 5.75 Å². The fraction of sp³-hybridized carbons (Fsp3) is 0.417. The van der Waals surface area contributed by atoms with Crippen LogP contribution in [0.25, 0.3) is 0 Å². The van der Waals surface area contributed by atoms with Gasteiger partial charge in [0.05, 0.1) is 16.6 Å². The van der Waals surface area contributed by atoms with Crippen molar-refractivity contribution in [1.82, 2.24) is 0 Å². The van der Waals surface area contributed by atoms with Gasteiger partial charge in [-0.05, 0) is 24.3 Å². The quantitative estimate of drug-likeness (QED) is 0.859. The highest BCUT2D eigenvalue weighted by Crippen LogP contribution is 2.18. The number of hydrogen-bond donors (Lipinski definition) is 0. The lowest BCUT2D eigenvalue weighted by Gasteiger charge is -2.15. The van der Waals surface area contributed by atoms with Crippen LogP contribution in [0.3, 0.4) is 0 Å². The molecule has 0 heterocycles. The number of halogens is 1. The summed E-state index contributed by atoms with van der Waals surface area (Å²) in [7, 11) is -1.24. The highest BCUT2D eigenvalue weighted by atomic mass is 79.9. The topological polar surface area (TPSA) is 34.1 Å². The van der Waals surface area contributed by atoms with E-state index in [4.69, 9.17) is 0 Å². The molecule has 0 aliphatic carbocycles. The van der Waals surface area contributed by atoms with Crippen molar-refractivity contribution in [3.05, 3.63) is 28.7 Å². The molecule has 1 atom stereocenters. The van der Waals surface area contributed by atoms with E-state index in [2.05, 4.69) is 15.9 Å². The maximum Gasteiger partial charge on any atom is 0.151 e. The first-order valence-corrected chi connectivity index (χ1v) is 7.09. The second kappa shape index (κ2) is 5.23. The van der Waals surface area contributed by atoms with Gasteiger partial charge >= 0.3 is 0 Å².